The van der Waals surface area contributed by atoms with E-state index >= 15 is 0 Å². The molecule has 4 nitrogen and oxygen atoms in total. The Morgan fingerprint density at radius 2 is 1.92 bits per heavy atom. The van der Waals surface area contributed by atoms with Crippen molar-refractivity contribution < 1.29 is 4.79 Å². The third-order valence-corrected chi connectivity index (χ3v) is 4.46. The Hall–Kier alpha value is -2.36. The highest BCUT2D eigenvalue weighted by Crippen LogP contribution is 2.19. The summed E-state index contributed by atoms with van der Waals surface area (Å²) in [4.78, 5) is 18.7. The van der Waals surface area contributed by atoms with Crippen molar-refractivity contribution in [2.24, 2.45) is 5.92 Å². The molecule has 0 radical (unpaired) electrons. The number of benzene rings is 1. The van der Waals surface area contributed by atoms with Gasteiger partial charge in [0.15, 0.2) is 0 Å². The van der Waals surface area contributed by atoms with Gasteiger partial charge in [0.1, 0.15) is 5.82 Å². The quantitative estimate of drug-likeness (QED) is 0.714. The minimum Gasteiger partial charge on any atom is -0.331 e. The fraction of sp³-hybridized carbons (Fsp3) is 0.429. The summed E-state index contributed by atoms with van der Waals surface area (Å²) in [6, 6.07) is 4.43. The molecule has 0 aliphatic heterocycles. The summed E-state index contributed by atoms with van der Waals surface area (Å²) < 4.78 is 2.13. The molecule has 1 amide bonds. The third kappa shape index (κ3) is 4.59. The normalized spacial score (nSPS) is 11.0. The van der Waals surface area contributed by atoms with E-state index in [2.05, 4.69) is 49.0 Å². The van der Waals surface area contributed by atoms with Crippen LogP contribution in [0, 0.1) is 26.7 Å². The van der Waals surface area contributed by atoms with Crippen LogP contribution in [-0.4, -0.2) is 26.9 Å². The van der Waals surface area contributed by atoms with Crippen LogP contribution in [-0.2, 0) is 17.9 Å². The van der Waals surface area contributed by atoms with Crippen LogP contribution in [0.4, 0.5) is 0 Å². The van der Waals surface area contributed by atoms with E-state index in [1.807, 2.05) is 24.9 Å². The second-order valence-electron chi connectivity index (χ2n) is 7.01. The highest BCUT2D eigenvalue weighted by molar-refractivity contribution is 5.78. The Bertz CT molecular complexity index is 735. The second-order valence-corrected chi connectivity index (χ2v) is 7.01. The van der Waals surface area contributed by atoms with Crippen molar-refractivity contribution in [3.63, 3.8) is 0 Å². The van der Waals surface area contributed by atoms with Crippen molar-refractivity contribution in [1.29, 1.82) is 0 Å². The molecule has 1 aromatic heterocycles. The lowest BCUT2D eigenvalue weighted by Gasteiger charge is -2.23. The Morgan fingerprint density at radius 3 is 2.48 bits per heavy atom. The molecule has 4 heteroatoms. The molecule has 0 spiro atoms. The van der Waals surface area contributed by atoms with Gasteiger partial charge >= 0.3 is 0 Å². The molecule has 0 N–H and O–H groups in total. The highest BCUT2D eigenvalue weighted by atomic mass is 16.2. The molecule has 0 aliphatic carbocycles. The average molecular weight is 339 g/mol. The molecule has 1 aromatic carbocycles. The maximum Gasteiger partial charge on any atom is 0.225 e. The van der Waals surface area contributed by atoms with Gasteiger partial charge in [-0.3, -0.25) is 4.79 Å². The highest BCUT2D eigenvalue weighted by Gasteiger charge is 2.18. The number of aryl methyl sites for hydroxylation is 3. The molecule has 0 bridgehead atoms. The molecule has 25 heavy (non-hydrogen) atoms. The van der Waals surface area contributed by atoms with Crippen LogP contribution in [0.25, 0.3) is 0 Å². The van der Waals surface area contributed by atoms with E-state index < -0.39 is 0 Å². The van der Waals surface area contributed by atoms with Crippen LogP contribution >= 0.6 is 0 Å². The zero-order valence-corrected chi connectivity index (χ0v) is 16.0. The Kier molecular flexibility index (Phi) is 6.18. The van der Waals surface area contributed by atoms with Gasteiger partial charge in [-0.1, -0.05) is 37.6 Å². The summed E-state index contributed by atoms with van der Waals surface area (Å²) in [6.07, 6.45) is 5.56. The third-order valence-electron chi connectivity index (χ3n) is 4.46. The maximum absolute atomic E-state index is 12.4. The van der Waals surface area contributed by atoms with E-state index in [0.29, 0.717) is 13.1 Å². The van der Waals surface area contributed by atoms with E-state index in [4.69, 9.17) is 0 Å². The molecule has 0 aliphatic rings. The largest absolute Gasteiger partial charge is 0.331 e. The first kappa shape index (κ1) is 19.0. The van der Waals surface area contributed by atoms with E-state index in [1.165, 1.54) is 22.3 Å². The Labute approximate surface area is 151 Å². The topological polar surface area (TPSA) is 38.1 Å². The number of rotatable bonds is 7. The fourth-order valence-corrected chi connectivity index (χ4v) is 3.19. The molecule has 0 fully saturated rings. The summed E-state index contributed by atoms with van der Waals surface area (Å²) in [5.74, 6) is 0.984. The predicted octanol–water partition coefficient (Wildman–Crippen LogP) is 4.03. The maximum atomic E-state index is 12.4. The first-order valence-electron chi connectivity index (χ1n) is 8.80. The molecule has 0 saturated heterocycles. The molecular weight excluding hydrogens is 310 g/mol. The van der Waals surface area contributed by atoms with Gasteiger partial charge in [0.2, 0.25) is 5.91 Å². The first-order valence-corrected chi connectivity index (χ1v) is 8.80. The molecule has 134 valence electrons. The fourth-order valence-electron chi connectivity index (χ4n) is 3.19. The van der Waals surface area contributed by atoms with E-state index in [1.54, 1.807) is 12.3 Å². The zero-order chi connectivity index (χ0) is 18.6. The average Bonchev–Trinajstić information content (AvgIpc) is 2.96. The smallest absolute Gasteiger partial charge is 0.225 e. The van der Waals surface area contributed by atoms with Gasteiger partial charge in [-0.05, 0) is 37.5 Å². The minimum absolute atomic E-state index is 0.0371. The van der Waals surface area contributed by atoms with Gasteiger partial charge in [-0.2, -0.15) is 0 Å². The molecule has 0 saturated carbocycles. The predicted molar refractivity (Wildman–Crippen MR) is 102 cm³/mol. The molecule has 0 atom stereocenters. The van der Waals surface area contributed by atoms with Gasteiger partial charge < -0.3 is 9.47 Å². The number of nitrogens with zero attached hydrogens (tertiary/aromatic N) is 3. The number of carbonyl (C=O) groups is 1. The van der Waals surface area contributed by atoms with E-state index in [0.717, 1.165) is 12.4 Å². The van der Waals surface area contributed by atoms with Gasteiger partial charge in [0.05, 0.1) is 6.54 Å². The molecule has 2 aromatic rings. The number of amides is 1. The molecule has 1 heterocycles. The second kappa shape index (κ2) is 8.15. The zero-order valence-electron chi connectivity index (χ0n) is 16.0. The van der Waals surface area contributed by atoms with Gasteiger partial charge in [-0.15, -0.1) is 6.58 Å². The van der Waals surface area contributed by atoms with Crippen molar-refractivity contribution in [2.75, 3.05) is 6.54 Å². The minimum atomic E-state index is -0.0371. The number of hydrogen-bond acceptors (Lipinski definition) is 2. The van der Waals surface area contributed by atoms with Gasteiger partial charge in [0, 0.05) is 31.4 Å². The van der Waals surface area contributed by atoms with Gasteiger partial charge in [-0.25, -0.2) is 4.98 Å². The van der Waals surface area contributed by atoms with E-state index in [-0.39, 0.29) is 11.8 Å². The number of hydrogen-bond donors (Lipinski definition) is 0. The lowest BCUT2D eigenvalue weighted by Crippen LogP contribution is -2.34. The van der Waals surface area contributed by atoms with Crippen molar-refractivity contribution in [2.45, 2.75) is 47.7 Å². The molecule has 2 rings (SSSR count). The van der Waals surface area contributed by atoms with Crippen molar-refractivity contribution in [1.82, 2.24) is 14.5 Å². The lowest BCUT2D eigenvalue weighted by atomic mass is 10.00. The molecular formula is C21H29N3O. The Balaban J connectivity index is 2.25. The summed E-state index contributed by atoms with van der Waals surface area (Å²) in [7, 11) is 0. The van der Waals surface area contributed by atoms with Crippen LogP contribution in [0.1, 0.15) is 41.9 Å². The van der Waals surface area contributed by atoms with Crippen molar-refractivity contribution in [3.05, 3.63) is 65.3 Å². The number of imidazole rings is 1. The first-order chi connectivity index (χ1) is 11.8. The Morgan fingerprint density at radius 1 is 1.28 bits per heavy atom. The van der Waals surface area contributed by atoms with Crippen LogP contribution in [0.5, 0.6) is 0 Å². The van der Waals surface area contributed by atoms with Crippen LogP contribution in [0.2, 0.25) is 0 Å². The summed E-state index contributed by atoms with van der Waals surface area (Å²) >= 11 is 0. The van der Waals surface area contributed by atoms with Crippen LogP contribution in [0.3, 0.4) is 0 Å². The number of carbonyl (C=O) groups excluding carboxylic acids is 1. The summed E-state index contributed by atoms with van der Waals surface area (Å²) in [5, 5.41) is 0. The van der Waals surface area contributed by atoms with E-state index in [9.17, 15) is 4.79 Å². The standard InChI is InChI=1S/C21H29N3O/c1-7-9-24(21(25)15(2)3)14-20-22-8-10-23(20)13-19-17(5)11-16(4)12-18(19)6/h7-8,10-12,15H,1,9,13-14H2,2-6H3. The summed E-state index contributed by atoms with van der Waals surface area (Å²) in [5.41, 5.74) is 5.18. The number of aromatic nitrogens is 2. The van der Waals surface area contributed by atoms with Crippen molar-refractivity contribution >= 4 is 5.91 Å². The van der Waals surface area contributed by atoms with Crippen molar-refractivity contribution in [3.8, 4) is 0 Å². The van der Waals surface area contributed by atoms with Crippen LogP contribution < -0.4 is 0 Å². The molecule has 0 unspecified atom stereocenters. The van der Waals surface area contributed by atoms with Crippen LogP contribution in [0.15, 0.2) is 37.2 Å². The monoisotopic (exact) mass is 339 g/mol. The SMILES string of the molecule is C=CCN(Cc1nccn1Cc1c(C)cc(C)cc1C)C(=O)C(C)C. The van der Waals surface area contributed by atoms with Gasteiger partial charge in [0.25, 0.3) is 0 Å². The lowest BCUT2D eigenvalue weighted by molar-refractivity contribution is -0.134. The summed E-state index contributed by atoms with van der Waals surface area (Å²) in [6.45, 7) is 15.8.